The van der Waals surface area contributed by atoms with Gasteiger partial charge >= 0.3 is 0 Å². The van der Waals surface area contributed by atoms with Crippen LogP contribution in [0.1, 0.15) is 42.4 Å². The number of hydrogen-bond acceptors (Lipinski definition) is 4. The Morgan fingerprint density at radius 2 is 2.29 bits per heavy atom. The molecule has 2 aromatic rings. The van der Waals surface area contributed by atoms with Crippen LogP contribution in [-0.2, 0) is 6.42 Å². The third kappa shape index (κ3) is 3.44. The van der Waals surface area contributed by atoms with Crippen molar-refractivity contribution in [1.29, 1.82) is 0 Å². The standard InChI is InChI=1S/C17H22ClN5O/c1-2-5-15-16(17(24)22-9-4-7-13(19)11-22)20-21-23(15)14-8-3-6-12(18)10-14/h3,6,8,10,13H,2,4-5,7,9,11,19H2,1H3. The molecule has 0 aliphatic carbocycles. The maximum atomic E-state index is 12.9. The molecule has 24 heavy (non-hydrogen) atoms. The SMILES string of the molecule is CCCc1c(C(=O)N2CCCC(N)C2)nnn1-c1cccc(Cl)c1. The number of aromatic nitrogens is 3. The maximum Gasteiger partial charge on any atom is 0.276 e. The van der Waals surface area contributed by atoms with Gasteiger partial charge in [0.05, 0.1) is 11.4 Å². The zero-order valence-corrected chi connectivity index (χ0v) is 14.5. The average Bonchev–Trinajstić information content (AvgIpc) is 2.98. The lowest BCUT2D eigenvalue weighted by atomic mass is 10.1. The molecule has 0 bridgehead atoms. The highest BCUT2D eigenvalue weighted by atomic mass is 35.5. The molecular formula is C17H22ClN5O. The molecule has 0 saturated carbocycles. The van der Waals surface area contributed by atoms with E-state index in [2.05, 4.69) is 17.2 Å². The Bertz CT molecular complexity index is 730. The van der Waals surface area contributed by atoms with Crippen LogP contribution in [0.3, 0.4) is 0 Å². The second-order valence-electron chi connectivity index (χ2n) is 6.18. The molecule has 7 heteroatoms. The van der Waals surface area contributed by atoms with Crippen LogP contribution in [0.4, 0.5) is 0 Å². The van der Waals surface area contributed by atoms with Crippen LogP contribution in [0, 0.1) is 0 Å². The molecule has 3 rings (SSSR count). The van der Waals surface area contributed by atoms with Gasteiger partial charge in [-0.1, -0.05) is 36.2 Å². The van der Waals surface area contributed by atoms with Gasteiger partial charge in [-0.25, -0.2) is 4.68 Å². The fourth-order valence-corrected chi connectivity index (χ4v) is 3.27. The predicted octanol–water partition coefficient (Wildman–Crippen LogP) is 2.44. The summed E-state index contributed by atoms with van der Waals surface area (Å²) in [5, 5.41) is 9.01. The number of carbonyl (C=O) groups is 1. The third-order valence-electron chi connectivity index (χ3n) is 4.25. The number of amides is 1. The molecule has 1 aliphatic heterocycles. The third-order valence-corrected chi connectivity index (χ3v) is 4.49. The molecule has 6 nitrogen and oxygen atoms in total. The quantitative estimate of drug-likeness (QED) is 0.921. The molecule has 1 unspecified atom stereocenters. The predicted molar refractivity (Wildman–Crippen MR) is 93.5 cm³/mol. The zero-order chi connectivity index (χ0) is 17.1. The van der Waals surface area contributed by atoms with Crippen LogP contribution >= 0.6 is 11.6 Å². The largest absolute Gasteiger partial charge is 0.336 e. The van der Waals surface area contributed by atoms with Crippen LogP contribution in [0.2, 0.25) is 5.02 Å². The van der Waals surface area contributed by atoms with Crippen molar-refractivity contribution in [2.75, 3.05) is 13.1 Å². The van der Waals surface area contributed by atoms with Gasteiger partial charge < -0.3 is 10.6 Å². The Labute approximate surface area is 146 Å². The van der Waals surface area contributed by atoms with Crippen LogP contribution in [0.25, 0.3) is 5.69 Å². The molecule has 2 heterocycles. The van der Waals surface area contributed by atoms with E-state index in [1.54, 1.807) is 9.58 Å². The minimum Gasteiger partial charge on any atom is -0.336 e. The van der Waals surface area contributed by atoms with Gasteiger partial charge in [0.2, 0.25) is 0 Å². The van der Waals surface area contributed by atoms with E-state index in [0.29, 0.717) is 17.3 Å². The smallest absolute Gasteiger partial charge is 0.276 e. The monoisotopic (exact) mass is 347 g/mol. The second-order valence-corrected chi connectivity index (χ2v) is 6.62. The van der Waals surface area contributed by atoms with Crippen molar-refractivity contribution in [3.8, 4) is 5.69 Å². The number of piperidine rings is 1. The number of rotatable bonds is 4. The molecule has 0 spiro atoms. The summed E-state index contributed by atoms with van der Waals surface area (Å²) in [6.45, 7) is 3.37. The van der Waals surface area contributed by atoms with E-state index in [1.807, 2.05) is 24.3 Å². The summed E-state index contributed by atoms with van der Waals surface area (Å²) in [6.07, 6.45) is 3.51. The van der Waals surface area contributed by atoms with E-state index in [-0.39, 0.29) is 11.9 Å². The number of halogens is 1. The molecular weight excluding hydrogens is 326 g/mol. The summed E-state index contributed by atoms with van der Waals surface area (Å²) in [6, 6.07) is 7.44. The number of nitrogens with zero attached hydrogens (tertiary/aromatic N) is 4. The first kappa shape index (κ1) is 16.9. The van der Waals surface area contributed by atoms with Crippen molar-refractivity contribution in [2.24, 2.45) is 5.73 Å². The summed E-state index contributed by atoms with van der Waals surface area (Å²) < 4.78 is 1.71. The molecule has 1 amide bonds. The van der Waals surface area contributed by atoms with Gasteiger partial charge in [0.1, 0.15) is 0 Å². The first-order valence-electron chi connectivity index (χ1n) is 8.35. The minimum atomic E-state index is -0.0816. The van der Waals surface area contributed by atoms with E-state index >= 15 is 0 Å². The van der Waals surface area contributed by atoms with Gasteiger partial charge in [0.25, 0.3) is 5.91 Å². The fourth-order valence-electron chi connectivity index (χ4n) is 3.09. The van der Waals surface area contributed by atoms with E-state index < -0.39 is 0 Å². The lowest BCUT2D eigenvalue weighted by Crippen LogP contribution is -2.46. The van der Waals surface area contributed by atoms with Crippen LogP contribution < -0.4 is 5.73 Å². The molecule has 1 aliphatic rings. The first-order chi connectivity index (χ1) is 11.6. The Morgan fingerprint density at radius 3 is 3.00 bits per heavy atom. The highest BCUT2D eigenvalue weighted by molar-refractivity contribution is 6.30. The average molecular weight is 348 g/mol. The van der Waals surface area contributed by atoms with E-state index in [0.717, 1.165) is 43.6 Å². The molecule has 2 N–H and O–H groups in total. The van der Waals surface area contributed by atoms with Crippen molar-refractivity contribution in [1.82, 2.24) is 19.9 Å². The van der Waals surface area contributed by atoms with Gasteiger partial charge in [0.15, 0.2) is 5.69 Å². The van der Waals surface area contributed by atoms with Crippen molar-refractivity contribution in [2.45, 2.75) is 38.6 Å². The van der Waals surface area contributed by atoms with Gasteiger partial charge in [-0.2, -0.15) is 0 Å². The maximum absolute atomic E-state index is 12.9. The topological polar surface area (TPSA) is 77.0 Å². The van der Waals surface area contributed by atoms with Crippen molar-refractivity contribution in [3.63, 3.8) is 0 Å². The number of carbonyl (C=O) groups excluding carboxylic acids is 1. The summed E-state index contributed by atoms with van der Waals surface area (Å²) in [5.74, 6) is -0.0816. The van der Waals surface area contributed by atoms with E-state index in [1.165, 1.54) is 0 Å². The Kier molecular flexibility index (Phi) is 5.16. The second kappa shape index (κ2) is 7.32. The lowest BCUT2D eigenvalue weighted by Gasteiger charge is -2.30. The molecule has 1 aromatic heterocycles. The molecule has 128 valence electrons. The Balaban J connectivity index is 1.95. The van der Waals surface area contributed by atoms with Crippen molar-refractivity contribution in [3.05, 3.63) is 40.7 Å². The molecule has 1 atom stereocenters. The molecule has 0 radical (unpaired) electrons. The number of likely N-dealkylation sites (tertiary alicyclic amines) is 1. The van der Waals surface area contributed by atoms with Gasteiger partial charge in [-0.3, -0.25) is 4.79 Å². The van der Waals surface area contributed by atoms with E-state index in [4.69, 9.17) is 17.3 Å². The lowest BCUT2D eigenvalue weighted by molar-refractivity contribution is 0.0701. The highest BCUT2D eigenvalue weighted by Gasteiger charge is 2.27. The van der Waals surface area contributed by atoms with Crippen molar-refractivity contribution >= 4 is 17.5 Å². The summed E-state index contributed by atoms with van der Waals surface area (Å²) in [5.41, 5.74) is 8.06. The first-order valence-corrected chi connectivity index (χ1v) is 8.73. The normalized spacial score (nSPS) is 18.0. The Hall–Kier alpha value is -1.92. The molecule has 1 aromatic carbocycles. The van der Waals surface area contributed by atoms with Crippen LogP contribution in [0.5, 0.6) is 0 Å². The zero-order valence-electron chi connectivity index (χ0n) is 13.8. The number of benzene rings is 1. The highest BCUT2D eigenvalue weighted by Crippen LogP contribution is 2.20. The number of hydrogen-bond donors (Lipinski definition) is 1. The number of nitrogens with two attached hydrogens (primary N) is 1. The summed E-state index contributed by atoms with van der Waals surface area (Å²) >= 11 is 6.08. The minimum absolute atomic E-state index is 0.0419. The fraction of sp³-hybridized carbons (Fsp3) is 0.471. The molecule has 1 saturated heterocycles. The van der Waals surface area contributed by atoms with Crippen LogP contribution in [0.15, 0.2) is 24.3 Å². The molecule has 1 fully saturated rings. The summed E-state index contributed by atoms with van der Waals surface area (Å²) in [7, 11) is 0. The van der Waals surface area contributed by atoms with Crippen molar-refractivity contribution < 1.29 is 4.79 Å². The van der Waals surface area contributed by atoms with Gasteiger partial charge in [-0.05, 0) is 37.5 Å². The summed E-state index contributed by atoms with van der Waals surface area (Å²) in [4.78, 5) is 14.7. The van der Waals surface area contributed by atoms with Gasteiger partial charge in [0, 0.05) is 24.2 Å². The van der Waals surface area contributed by atoms with E-state index in [9.17, 15) is 4.79 Å². The van der Waals surface area contributed by atoms with Gasteiger partial charge in [-0.15, -0.1) is 5.10 Å². The Morgan fingerprint density at radius 1 is 1.46 bits per heavy atom. The van der Waals surface area contributed by atoms with Crippen LogP contribution in [-0.4, -0.2) is 44.9 Å².